The second-order valence-corrected chi connectivity index (χ2v) is 8.40. The van der Waals surface area contributed by atoms with Gasteiger partial charge in [0, 0.05) is 23.6 Å². The second kappa shape index (κ2) is 8.90. The van der Waals surface area contributed by atoms with E-state index in [2.05, 4.69) is 4.98 Å². The van der Waals surface area contributed by atoms with E-state index in [0.29, 0.717) is 22.6 Å². The molecular weight excluding hydrogens is 416 g/mol. The fraction of sp³-hybridized carbons (Fsp3) is 0.222. The number of aliphatic hydroxyl groups excluding tert-OH is 1. The number of nitrogens with zero attached hydrogens (tertiary/aromatic N) is 2. The molecule has 1 amide bonds. The molecule has 6 heteroatoms. The van der Waals surface area contributed by atoms with Gasteiger partial charge in [0.15, 0.2) is 0 Å². The van der Waals surface area contributed by atoms with E-state index in [-0.39, 0.29) is 17.3 Å². The molecule has 2 aromatic carbocycles. The van der Waals surface area contributed by atoms with Gasteiger partial charge in [-0.1, -0.05) is 31.5 Å². The molecule has 1 aliphatic heterocycles. The van der Waals surface area contributed by atoms with Gasteiger partial charge < -0.3 is 9.84 Å². The van der Waals surface area contributed by atoms with Crippen LogP contribution in [0.1, 0.15) is 48.1 Å². The van der Waals surface area contributed by atoms with Crippen molar-refractivity contribution in [3.63, 3.8) is 0 Å². The summed E-state index contributed by atoms with van der Waals surface area (Å²) in [5.74, 6) is -0.781. The maximum Gasteiger partial charge on any atom is 0.300 e. The minimum Gasteiger partial charge on any atom is -0.507 e. The van der Waals surface area contributed by atoms with Crippen molar-refractivity contribution in [1.29, 1.82) is 0 Å². The minimum absolute atomic E-state index is 0.0478. The van der Waals surface area contributed by atoms with Crippen molar-refractivity contribution < 1.29 is 19.4 Å². The summed E-state index contributed by atoms with van der Waals surface area (Å²) >= 11 is 0. The van der Waals surface area contributed by atoms with Crippen LogP contribution in [0, 0.1) is 6.92 Å². The Morgan fingerprint density at radius 2 is 1.70 bits per heavy atom. The number of aromatic nitrogens is 1. The number of hydrogen-bond donors (Lipinski definition) is 1. The van der Waals surface area contributed by atoms with Crippen LogP contribution >= 0.6 is 0 Å². The number of carbonyl (C=O) groups is 2. The molecule has 0 spiro atoms. The van der Waals surface area contributed by atoms with Gasteiger partial charge in [-0.05, 0) is 66.4 Å². The number of ether oxygens (including phenoxy) is 1. The van der Waals surface area contributed by atoms with E-state index in [4.69, 9.17) is 4.74 Å². The van der Waals surface area contributed by atoms with E-state index in [9.17, 15) is 14.7 Å². The molecule has 1 saturated heterocycles. The highest BCUT2D eigenvalue weighted by Gasteiger charge is 2.47. The lowest BCUT2D eigenvalue weighted by molar-refractivity contribution is -0.132. The van der Waals surface area contributed by atoms with Crippen molar-refractivity contribution in [2.45, 2.75) is 32.7 Å². The molecule has 1 aliphatic rings. The van der Waals surface area contributed by atoms with Crippen LogP contribution in [-0.4, -0.2) is 28.9 Å². The molecule has 1 aromatic heterocycles. The third-order valence-corrected chi connectivity index (χ3v) is 5.90. The maximum absolute atomic E-state index is 13.2. The zero-order valence-electron chi connectivity index (χ0n) is 19.1. The van der Waals surface area contributed by atoms with Gasteiger partial charge in [-0.3, -0.25) is 19.5 Å². The Morgan fingerprint density at radius 1 is 1.03 bits per heavy atom. The van der Waals surface area contributed by atoms with Gasteiger partial charge >= 0.3 is 0 Å². The van der Waals surface area contributed by atoms with Gasteiger partial charge in [0.25, 0.3) is 11.7 Å². The molecule has 1 fully saturated rings. The lowest BCUT2D eigenvalue weighted by Gasteiger charge is -2.25. The topological polar surface area (TPSA) is 79.7 Å². The first kappa shape index (κ1) is 22.3. The Labute approximate surface area is 193 Å². The molecule has 0 bridgehead atoms. The van der Waals surface area contributed by atoms with E-state index < -0.39 is 17.7 Å². The predicted molar refractivity (Wildman–Crippen MR) is 127 cm³/mol. The number of hydrogen-bond acceptors (Lipinski definition) is 5. The van der Waals surface area contributed by atoms with Gasteiger partial charge in [0.05, 0.1) is 18.7 Å². The molecule has 1 unspecified atom stereocenters. The van der Waals surface area contributed by atoms with Crippen LogP contribution in [0.3, 0.4) is 0 Å². The monoisotopic (exact) mass is 442 g/mol. The summed E-state index contributed by atoms with van der Waals surface area (Å²) in [7, 11) is 1.59. The minimum atomic E-state index is -0.777. The number of benzene rings is 2. The lowest BCUT2D eigenvalue weighted by Crippen LogP contribution is -2.29. The number of rotatable bonds is 5. The number of anilines is 1. The lowest BCUT2D eigenvalue weighted by atomic mass is 9.93. The molecule has 3 aromatic rings. The zero-order chi connectivity index (χ0) is 23.7. The maximum atomic E-state index is 13.2. The highest BCUT2D eigenvalue weighted by atomic mass is 16.5. The summed E-state index contributed by atoms with van der Waals surface area (Å²) in [5, 5.41) is 11.3. The van der Waals surface area contributed by atoms with Crippen molar-refractivity contribution in [3.8, 4) is 5.75 Å². The summed E-state index contributed by atoms with van der Waals surface area (Å²) in [6.45, 7) is 6.00. The standard InChI is InChI=1S/C27H26N2O4/c1-16(2)21-15-19(7-10-22(21)33-4)25(30)23-24(18-11-13-28-14-12-18)29(27(32)26(23)31)20-8-5-17(3)6-9-20/h5-16,24,30H,1-4H3/b25-23-. The van der Waals surface area contributed by atoms with Crippen molar-refractivity contribution in [2.75, 3.05) is 12.0 Å². The quantitative estimate of drug-likeness (QED) is 0.336. The Bertz CT molecular complexity index is 1230. The fourth-order valence-electron chi connectivity index (χ4n) is 4.15. The molecule has 1 N–H and O–H groups in total. The molecular formula is C27H26N2O4. The van der Waals surface area contributed by atoms with E-state index in [1.165, 1.54) is 4.90 Å². The molecule has 2 heterocycles. The largest absolute Gasteiger partial charge is 0.507 e. The van der Waals surface area contributed by atoms with Crippen LogP contribution in [0.4, 0.5) is 5.69 Å². The average molecular weight is 443 g/mol. The second-order valence-electron chi connectivity index (χ2n) is 8.40. The van der Waals surface area contributed by atoms with Crippen LogP contribution in [0.5, 0.6) is 5.75 Å². The summed E-state index contributed by atoms with van der Waals surface area (Å²) in [4.78, 5) is 31.9. The number of aryl methyl sites for hydroxylation is 1. The Balaban J connectivity index is 1.93. The van der Waals surface area contributed by atoms with Crippen molar-refractivity contribution in [1.82, 2.24) is 4.98 Å². The molecule has 0 radical (unpaired) electrons. The highest BCUT2D eigenvalue weighted by molar-refractivity contribution is 6.51. The molecule has 4 rings (SSSR count). The molecule has 1 atom stereocenters. The Hall–Kier alpha value is -3.93. The van der Waals surface area contributed by atoms with Gasteiger partial charge in [-0.25, -0.2) is 0 Å². The van der Waals surface area contributed by atoms with Crippen LogP contribution in [-0.2, 0) is 9.59 Å². The van der Waals surface area contributed by atoms with Gasteiger partial charge in [-0.15, -0.1) is 0 Å². The van der Waals surface area contributed by atoms with Crippen LogP contribution in [0.25, 0.3) is 5.76 Å². The number of pyridine rings is 1. The number of ketones is 1. The van der Waals surface area contributed by atoms with E-state index >= 15 is 0 Å². The molecule has 0 aliphatic carbocycles. The van der Waals surface area contributed by atoms with Crippen LogP contribution in [0.2, 0.25) is 0 Å². The molecule has 0 saturated carbocycles. The SMILES string of the molecule is COc1ccc(/C(O)=C2/C(=O)C(=O)N(c3ccc(C)cc3)C2c2ccncc2)cc1C(C)C. The van der Waals surface area contributed by atoms with E-state index in [1.807, 2.05) is 39.0 Å². The number of Topliss-reactive ketones (excluding diaryl/α,β-unsaturated/α-hetero) is 1. The molecule has 168 valence electrons. The summed E-state index contributed by atoms with van der Waals surface area (Å²) in [6.07, 6.45) is 3.21. The first-order valence-electron chi connectivity index (χ1n) is 10.8. The third-order valence-electron chi connectivity index (χ3n) is 5.90. The normalized spacial score (nSPS) is 17.6. The van der Waals surface area contributed by atoms with E-state index in [0.717, 1.165) is 11.1 Å². The fourth-order valence-corrected chi connectivity index (χ4v) is 4.15. The van der Waals surface area contributed by atoms with Gasteiger partial charge in [-0.2, -0.15) is 0 Å². The summed E-state index contributed by atoms with van der Waals surface area (Å²) in [6, 6.07) is 15.4. The Morgan fingerprint density at radius 3 is 2.30 bits per heavy atom. The van der Waals surface area contributed by atoms with Crippen LogP contribution in [0.15, 0.2) is 72.6 Å². The predicted octanol–water partition coefficient (Wildman–Crippen LogP) is 5.15. The average Bonchev–Trinajstić information content (AvgIpc) is 3.09. The molecule has 6 nitrogen and oxygen atoms in total. The smallest absolute Gasteiger partial charge is 0.300 e. The van der Waals surface area contributed by atoms with Crippen molar-refractivity contribution in [2.24, 2.45) is 0 Å². The number of methoxy groups -OCH3 is 1. The summed E-state index contributed by atoms with van der Waals surface area (Å²) in [5.41, 5.74) is 3.71. The van der Waals surface area contributed by atoms with Gasteiger partial charge in [0.1, 0.15) is 11.5 Å². The first-order chi connectivity index (χ1) is 15.8. The van der Waals surface area contributed by atoms with E-state index in [1.54, 1.807) is 55.9 Å². The zero-order valence-corrected chi connectivity index (χ0v) is 19.1. The third kappa shape index (κ3) is 4.00. The van der Waals surface area contributed by atoms with Crippen molar-refractivity contribution >= 4 is 23.1 Å². The highest BCUT2D eigenvalue weighted by Crippen LogP contribution is 2.42. The van der Waals surface area contributed by atoms with Crippen molar-refractivity contribution in [3.05, 3.63) is 94.8 Å². The number of amides is 1. The number of carbonyl (C=O) groups excluding carboxylic acids is 2. The number of aliphatic hydroxyl groups is 1. The van der Waals surface area contributed by atoms with Gasteiger partial charge in [0.2, 0.25) is 0 Å². The van der Waals surface area contributed by atoms with Crippen LogP contribution < -0.4 is 9.64 Å². The Kier molecular flexibility index (Phi) is 6.01. The molecule has 33 heavy (non-hydrogen) atoms. The summed E-state index contributed by atoms with van der Waals surface area (Å²) < 4.78 is 5.45. The first-order valence-corrected chi connectivity index (χ1v) is 10.8.